The van der Waals surface area contributed by atoms with Gasteiger partial charge < -0.3 is 9.47 Å². The van der Waals surface area contributed by atoms with Gasteiger partial charge in [0.15, 0.2) is 0 Å². The minimum Gasteiger partial charge on any atom is -0.493 e. The van der Waals surface area contributed by atoms with E-state index < -0.39 is 15.3 Å². The second-order valence-corrected chi connectivity index (χ2v) is 9.61. The molecule has 0 unspecified atom stereocenters. The molecule has 28 heavy (non-hydrogen) atoms. The Labute approximate surface area is 168 Å². The molecule has 0 spiro atoms. The normalized spacial score (nSPS) is 20.3. The largest absolute Gasteiger partial charge is 0.493 e. The third kappa shape index (κ3) is 4.74. The zero-order chi connectivity index (χ0) is 20.1. The van der Waals surface area contributed by atoms with Crippen molar-refractivity contribution < 1.29 is 17.9 Å². The highest BCUT2D eigenvalue weighted by molar-refractivity contribution is 7.90. The van der Waals surface area contributed by atoms with Crippen LogP contribution >= 0.6 is 0 Å². The number of hydrogen-bond donors (Lipinski definition) is 1. The fraction of sp³-hybridized carbons (Fsp3) is 0.455. The molecule has 0 saturated carbocycles. The summed E-state index contributed by atoms with van der Waals surface area (Å²) in [7, 11) is -3.32. The van der Waals surface area contributed by atoms with Crippen molar-refractivity contribution in [3.05, 3.63) is 54.1 Å². The predicted molar refractivity (Wildman–Crippen MR) is 112 cm³/mol. The van der Waals surface area contributed by atoms with Crippen molar-refractivity contribution in [3.8, 4) is 16.9 Å². The van der Waals surface area contributed by atoms with Gasteiger partial charge in [-0.15, -0.1) is 0 Å². The van der Waals surface area contributed by atoms with Crippen LogP contribution in [0.3, 0.4) is 0 Å². The van der Waals surface area contributed by atoms with Crippen LogP contribution in [0.5, 0.6) is 5.75 Å². The molecular formula is C22H29NO4S. The standard InChI is InChI=1S/C22H29NO4S/c1-4-27-22-8-6-5-7-19(22)17-9-11-18(12-10-17)20-15-26-14-13-21(20)23-28(24,25)16(2)3/h5-12,16,20-21,23H,4,13-15H2,1-3H3/t20-,21-/m0/s1. The van der Waals surface area contributed by atoms with Crippen LogP contribution < -0.4 is 9.46 Å². The van der Waals surface area contributed by atoms with Gasteiger partial charge in [-0.3, -0.25) is 0 Å². The molecule has 0 aliphatic carbocycles. The van der Waals surface area contributed by atoms with Crippen molar-refractivity contribution >= 4 is 10.0 Å². The summed E-state index contributed by atoms with van der Waals surface area (Å²) in [5.41, 5.74) is 3.20. The third-order valence-electron chi connectivity index (χ3n) is 5.13. The molecule has 0 aromatic heterocycles. The number of benzene rings is 2. The fourth-order valence-electron chi connectivity index (χ4n) is 3.45. The Morgan fingerprint density at radius 3 is 2.54 bits per heavy atom. The molecule has 0 radical (unpaired) electrons. The van der Waals surface area contributed by atoms with Crippen molar-refractivity contribution in [1.82, 2.24) is 4.72 Å². The molecule has 1 saturated heterocycles. The lowest BCUT2D eigenvalue weighted by Gasteiger charge is -2.33. The van der Waals surface area contributed by atoms with E-state index in [1.54, 1.807) is 13.8 Å². The van der Waals surface area contributed by atoms with Crippen LogP contribution in [-0.2, 0) is 14.8 Å². The molecule has 0 bridgehead atoms. The Morgan fingerprint density at radius 1 is 1.14 bits per heavy atom. The van der Waals surface area contributed by atoms with Crippen LogP contribution in [0.25, 0.3) is 11.1 Å². The second-order valence-electron chi connectivity index (χ2n) is 7.34. The molecule has 2 atom stereocenters. The molecule has 1 aliphatic heterocycles. The van der Waals surface area contributed by atoms with Crippen LogP contribution in [0.4, 0.5) is 0 Å². The summed E-state index contributed by atoms with van der Waals surface area (Å²) >= 11 is 0. The van der Waals surface area contributed by atoms with Gasteiger partial charge in [0.05, 0.1) is 18.5 Å². The van der Waals surface area contributed by atoms with Gasteiger partial charge in [0.2, 0.25) is 10.0 Å². The highest BCUT2D eigenvalue weighted by atomic mass is 32.2. The smallest absolute Gasteiger partial charge is 0.214 e. The molecule has 1 N–H and O–H groups in total. The molecule has 1 heterocycles. The number of rotatable bonds is 7. The van der Waals surface area contributed by atoms with Crippen molar-refractivity contribution in [2.45, 2.75) is 44.4 Å². The summed E-state index contributed by atoms with van der Waals surface area (Å²) in [6.45, 7) is 7.07. The first-order chi connectivity index (χ1) is 13.4. The van der Waals surface area contributed by atoms with E-state index in [9.17, 15) is 8.42 Å². The van der Waals surface area contributed by atoms with Gasteiger partial charge in [-0.2, -0.15) is 0 Å². The molecular weight excluding hydrogens is 374 g/mol. The predicted octanol–water partition coefficient (Wildman–Crippen LogP) is 3.95. The molecule has 1 fully saturated rings. The minimum atomic E-state index is -3.32. The van der Waals surface area contributed by atoms with Crippen molar-refractivity contribution in [3.63, 3.8) is 0 Å². The summed E-state index contributed by atoms with van der Waals surface area (Å²) in [6, 6.07) is 16.1. The van der Waals surface area contributed by atoms with Crippen LogP contribution in [-0.4, -0.2) is 39.5 Å². The maximum atomic E-state index is 12.3. The van der Waals surface area contributed by atoms with Crippen LogP contribution in [0, 0.1) is 0 Å². The Hall–Kier alpha value is -1.89. The molecule has 0 amide bonds. The Balaban J connectivity index is 1.83. The zero-order valence-electron chi connectivity index (χ0n) is 16.7. The van der Waals surface area contributed by atoms with Gasteiger partial charge in [-0.05, 0) is 44.4 Å². The van der Waals surface area contributed by atoms with E-state index in [1.807, 2.05) is 31.2 Å². The topological polar surface area (TPSA) is 64.6 Å². The van der Waals surface area contributed by atoms with Crippen molar-refractivity contribution in [1.29, 1.82) is 0 Å². The summed E-state index contributed by atoms with van der Waals surface area (Å²) in [5.74, 6) is 0.861. The average Bonchev–Trinajstić information content (AvgIpc) is 2.69. The van der Waals surface area contributed by atoms with E-state index in [4.69, 9.17) is 9.47 Å². The number of hydrogen-bond acceptors (Lipinski definition) is 4. The van der Waals surface area contributed by atoms with E-state index in [1.165, 1.54) is 0 Å². The van der Waals surface area contributed by atoms with Crippen LogP contribution in [0.2, 0.25) is 0 Å². The van der Waals surface area contributed by atoms with Gasteiger partial charge >= 0.3 is 0 Å². The van der Waals surface area contributed by atoms with Gasteiger partial charge in [0.25, 0.3) is 0 Å². The molecule has 2 aromatic carbocycles. The fourth-order valence-corrected chi connectivity index (χ4v) is 4.43. The molecule has 2 aromatic rings. The van der Waals surface area contributed by atoms with Crippen molar-refractivity contribution in [2.75, 3.05) is 19.8 Å². The summed E-state index contributed by atoms with van der Waals surface area (Å²) in [4.78, 5) is 0. The highest BCUT2D eigenvalue weighted by Crippen LogP contribution is 2.33. The first-order valence-corrected chi connectivity index (χ1v) is 11.4. The monoisotopic (exact) mass is 403 g/mol. The lowest BCUT2D eigenvalue weighted by Crippen LogP contribution is -2.46. The van der Waals surface area contributed by atoms with E-state index in [0.29, 0.717) is 26.2 Å². The third-order valence-corrected chi connectivity index (χ3v) is 7.00. The summed E-state index contributed by atoms with van der Waals surface area (Å²) < 4.78 is 39.0. The Kier molecular flexibility index (Phi) is 6.75. The van der Waals surface area contributed by atoms with Crippen LogP contribution in [0.1, 0.15) is 38.7 Å². The first-order valence-electron chi connectivity index (χ1n) is 9.83. The van der Waals surface area contributed by atoms with E-state index in [2.05, 4.69) is 29.0 Å². The number of nitrogens with one attached hydrogen (secondary N) is 1. The van der Waals surface area contributed by atoms with Gasteiger partial charge in [-0.25, -0.2) is 13.1 Å². The summed E-state index contributed by atoms with van der Waals surface area (Å²) in [5, 5.41) is -0.451. The Bertz CT molecular complexity index is 878. The van der Waals surface area contributed by atoms with E-state index in [0.717, 1.165) is 22.4 Å². The zero-order valence-corrected chi connectivity index (χ0v) is 17.5. The number of para-hydroxylation sites is 1. The van der Waals surface area contributed by atoms with E-state index >= 15 is 0 Å². The lowest BCUT2D eigenvalue weighted by molar-refractivity contribution is 0.0653. The maximum absolute atomic E-state index is 12.3. The molecule has 6 heteroatoms. The maximum Gasteiger partial charge on any atom is 0.214 e. The second kappa shape index (κ2) is 9.07. The molecule has 1 aliphatic rings. The van der Waals surface area contributed by atoms with Gasteiger partial charge in [-0.1, -0.05) is 42.5 Å². The average molecular weight is 404 g/mol. The van der Waals surface area contributed by atoms with Crippen molar-refractivity contribution in [2.24, 2.45) is 0 Å². The summed E-state index contributed by atoms with van der Waals surface area (Å²) in [6.07, 6.45) is 0.672. The molecule has 5 nitrogen and oxygen atoms in total. The minimum absolute atomic E-state index is 0.00143. The number of sulfonamides is 1. The lowest BCUT2D eigenvalue weighted by atomic mass is 9.88. The highest BCUT2D eigenvalue weighted by Gasteiger charge is 2.31. The first kappa shape index (κ1) is 20.8. The van der Waals surface area contributed by atoms with Gasteiger partial charge in [0, 0.05) is 24.1 Å². The SMILES string of the molecule is CCOc1ccccc1-c1ccc([C@@H]2COCC[C@@H]2NS(=O)(=O)C(C)C)cc1. The Morgan fingerprint density at radius 2 is 1.86 bits per heavy atom. The quantitative estimate of drug-likeness (QED) is 0.760. The van der Waals surface area contributed by atoms with Crippen LogP contribution in [0.15, 0.2) is 48.5 Å². The van der Waals surface area contributed by atoms with E-state index in [-0.39, 0.29) is 12.0 Å². The van der Waals surface area contributed by atoms with Gasteiger partial charge in [0.1, 0.15) is 5.75 Å². The number of ether oxygens (including phenoxy) is 2. The molecule has 3 rings (SSSR count). The molecule has 152 valence electrons.